The van der Waals surface area contributed by atoms with Crippen molar-refractivity contribution in [2.24, 2.45) is 5.73 Å². The molecule has 20 heavy (non-hydrogen) atoms. The quantitative estimate of drug-likeness (QED) is 0.851. The number of nitrogens with one attached hydrogen (secondary N) is 1. The summed E-state index contributed by atoms with van der Waals surface area (Å²) >= 11 is 4.92. The topological polar surface area (TPSA) is 68.0 Å². The van der Waals surface area contributed by atoms with Crippen LogP contribution < -0.4 is 11.1 Å². The summed E-state index contributed by atoms with van der Waals surface area (Å²) in [6, 6.07) is 10.7. The molecule has 1 heterocycles. The number of hydrogen-bond donors (Lipinski definition) is 2. The molecule has 0 saturated heterocycles. The summed E-state index contributed by atoms with van der Waals surface area (Å²) < 4.78 is 0. The minimum Gasteiger partial charge on any atom is -0.389 e. The fourth-order valence-corrected chi connectivity index (χ4v) is 2.00. The highest BCUT2D eigenvalue weighted by molar-refractivity contribution is 7.80. The predicted octanol–water partition coefficient (Wildman–Crippen LogP) is 2.58. The molecule has 3 N–H and O–H groups in total. The number of hydrogen-bond acceptors (Lipinski definition) is 3. The molecular weight excluding hydrogens is 270 g/mol. The molecule has 0 unspecified atom stereocenters. The van der Waals surface area contributed by atoms with Gasteiger partial charge in [0.2, 0.25) is 0 Å². The van der Waals surface area contributed by atoms with E-state index in [-0.39, 0.29) is 5.91 Å². The number of amides is 1. The summed E-state index contributed by atoms with van der Waals surface area (Å²) in [7, 11) is 0. The summed E-state index contributed by atoms with van der Waals surface area (Å²) in [5, 5.41) is 2.82. The van der Waals surface area contributed by atoms with Gasteiger partial charge in [-0.25, -0.2) is 0 Å². The molecule has 0 aliphatic rings. The van der Waals surface area contributed by atoms with Gasteiger partial charge >= 0.3 is 0 Å². The van der Waals surface area contributed by atoms with Crippen molar-refractivity contribution in [2.75, 3.05) is 5.32 Å². The normalized spacial score (nSPS) is 10.1. The second-order valence-electron chi connectivity index (χ2n) is 4.48. The first-order valence-corrected chi connectivity index (χ1v) is 6.53. The molecule has 102 valence electrons. The van der Waals surface area contributed by atoms with Crippen LogP contribution in [0.15, 0.2) is 36.4 Å². The Morgan fingerprint density at radius 1 is 1.25 bits per heavy atom. The number of pyridine rings is 1. The van der Waals surface area contributed by atoms with Crippen LogP contribution in [-0.4, -0.2) is 15.9 Å². The number of carbonyl (C=O) groups excluding carboxylic acids is 1. The second-order valence-corrected chi connectivity index (χ2v) is 4.92. The number of rotatable bonds is 3. The fourth-order valence-electron chi connectivity index (χ4n) is 1.88. The number of thiocarbonyl (C=S) groups is 1. The molecule has 1 amide bonds. The van der Waals surface area contributed by atoms with Gasteiger partial charge in [-0.05, 0) is 38.1 Å². The Bertz CT molecular complexity index is 683. The summed E-state index contributed by atoms with van der Waals surface area (Å²) in [6.45, 7) is 3.70. The maximum Gasteiger partial charge on any atom is 0.257 e. The first kappa shape index (κ1) is 14.1. The van der Waals surface area contributed by atoms with Gasteiger partial charge in [0, 0.05) is 16.9 Å². The van der Waals surface area contributed by atoms with Gasteiger partial charge in [-0.2, -0.15) is 0 Å². The third kappa shape index (κ3) is 3.19. The average Bonchev–Trinajstić information content (AvgIpc) is 2.38. The zero-order valence-corrected chi connectivity index (χ0v) is 12.1. The minimum atomic E-state index is -0.199. The van der Waals surface area contributed by atoms with Gasteiger partial charge in [-0.3, -0.25) is 9.78 Å². The Morgan fingerprint density at radius 3 is 2.65 bits per heavy atom. The van der Waals surface area contributed by atoms with E-state index in [1.165, 1.54) is 0 Å². The fraction of sp³-hybridized carbons (Fsp3) is 0.133. The Labute approximate surface area is 123 Å². The summed E-state index contributed by atoms with van der Waals surface area (Å²) in [5.41, 5.74) is 9.08. The van der Waals surface area contributed by atoms with Crippen LogP contribution in [0, 0.1) is 13.8 Å². The molecule has 0 spiro atoms. The molecule has 0 aliphatic heterocycles. The van der Waals surface area contributed by atoms with E-state index >= 15 is 0 Å². The molecule has 2 aromatic rings. The van der Waals surface area contributed by atoms with Gasteiger partial charge < -0.3 is 11.1 Å². The third-order valence-corrected chi connectivity index (χ3v) is 3.11. The number of aryl methyl sites for hydroxylation is 2. The number of carbonyl (C=O) groups is 1. The van der Waals surface area contributed by atoms with Gasteiger partial charge in [-0.15, -0.1) is 0 Å². The lowest BCUT2D eigenvalue weighted by molar-refractivity contribution is 0.102. The van der Waals surface area contributed by atoms with Crippen LogP contribution in [0.5, 0.6) is 0 Å². The van der Waals surface area contributed by atoms with Crippen molar-refractivity contribution in [1.82, 2.24) is 4.98 Å². The van der Waals surface area contributed by atoms with Gasteiger partial charge in [-0.1, -0.05) is 24.4 Å². The molecule has 5 heteroatoms. The highest BCUT2D eigenvalue weighted by Crippen LogP contribution is 2.14. The van der Waals surface area contributed by atoms with Crippen LogP contribution in [0.2, 0.25) is 0 Å². The minimum absolute atomic E-state index is 0.199. The smallest absolute Gasteiger partial charge is 0.257 e. The molecule has 2 rings (SSSR count). The average molecular weight is 285 g/mol. The molecule has 0 saturated carbocycles. The van der Waals surface area contributed by atoms with Gasteiger partial charge in [0.25, 0.3) is 5.91 Å². The molecule has 0 fully saturated rings. The summed E-state index contributed by atoms with van der Waals surface area (Å²) in [6.07, 6.45) is 0. The Kier molecular flexibility index (Phi) is 4.10. The van der Waals surface area contributed by atoms with Gasteiger partial charge in [0.1, 0.15) is 4.99 Å². The first-order chi connectivity index (χ1) is 9.47. The van der Waals surface area contributed by atoms with E-state index in [1.807, 2.05) is 19.9 Å². The van der Waals surface area contributed by atoms with Crippen molar-refractivity contribution in [3.05, 3.63) is 58.9 Å². The van der Waals surface area contributed by atoms with E-state index in [0.717, 1.165) is 11.3 Å². The first-order valence-electron chi connectivity index (χ1n) is 6.13. The van der Waals surface area contributed by atoms with Gasteiger partial charge in [0.05, 0.1) is 11.3 Å². The van der Waals surface area contributed by atoms with E-state index in [2.05, 4.69) is 10.3 Å². The number of anilines is 1. The van der Waals surface area contributed by atoms with Crippen molar-refractivity contribution in [3.8, 4) is 0 Å². The van der Waals surface area contributed by atoms with E-state index in [1.54, 1.807) is 30.3 Å². The number of nitrogens with two attached hydrogens (primary N) is 1. The molecule has 0 atom stereocenters. The zero-order chi connectivity index (χ0) is 14.7. The van der Waals surface area contributed by atoms with Crippen molar-refractivity contribution in [2.45, 2.75) is 13.8 Å². The maximum absolute atomic E-state index is 12.2. The molecular formula is C15H15N3OS. The van der Waals surface area contributed by atoms with Crippen molar-refractivity contribution < 1.29 is 4.79 Å². The molecule has 4 nitrogen and oxygen atoms in total. The highest BCUT2D eigenvalue weighted by Gasteiger charge is 2.10. The van der Waals surface area contributed by atoms with Crippen LogP contribution in [0.25, 0.3) is 0 Å². The standard InChI is InChI=1S/C15H15N3OS/c1-9-6-7-13(10(2)17-9)15(19)18-12-5-3-4-11(8-12)14(16)20/h3-8H,1-2H3,(H2,16,20)(H,18,19). The lowest BCUT2D eigenvalue weighted by Gasteiger charge is -2.09. The largest absolute Gasteiger partial charge is 0.389 e. The summed E-state index contributed by atoms with van der Waals surface area (Å²) in [4.78, 5) is 16.8. The third-order valence-electron chi connectivity index (χ3n) is 2.87. The molecule has 1 aromatic heterocycles. The van der Waals surface area contributed by atoms with E-state index < -0.39 is 0 Å². The Balaban J connectivity index is 2.23. The SMILES string of the molecule is Cc1ccc(C(=O)Nc2cccc(C(N)=S)c2)c(C)n1. The van der Waals surface area contributed by atoms with E-state index in [9.17, 15) is 4.79 Å². The second kappa shape index (κ2) is 5.79. The van der Waals surface area contributed by atoms with Crippen molar-refractivity contribution in [1.29, 1.82) is 0 Å². The number of aromatic nitrogens is 1. The Morgan fingerprint density at radius 2 is 2.00 bits per heavy atom. The van der Waals surface area contributed by atoms with E-state index in [4.69, 9.17) is 18.0 Å². The molecule has 0 aliphatic carbocycles. The van der Waals surface area contributed by atoms with Crippen LogP contribution in [0.3, 0.4) is 0 Å². The van der Waals surface area contributed by atoms with Crippen LogP contribution >= 0.6 is 12.2 Å². The molecule has 0 radical (unpaired) electrons. The summed E-state index contributed by atoms with van der Waals surface area (Å²) in [5.74, 6) is -0.199. The van der Waals surface area contributed by atoms with E-state index in [0.29, 0.717) is 21.9 Å². The molecule has 1 aromatic carbocycles. The van der Waals surface area contributed by atoms with Crippen LogP contribution in [0.1, 0.15) is 27.3 Å². The predicted molar refractivity (Wildman–Crippen MR) is 84.0 cm³/mol. The number of nitrogens with zero attached hydrogens (tertiary/aromatic N) is 1. The Hall–Kier alpha value is -2.27. The zero-order valence-electron chi connectivity index (χ0n) is 11.3. The lowest BCUT2D eigenvalue weighted by Crippen LogP contribution is -2.15. The van der Waals surface area contributed by atoms with Crippen molar-refractivity contribution in [3.63, 3.8) is 0 Å². The lowest BCUT2D eigenvalue weighted by atomic mass is 10.1. The molecule has 0 bridgehead atoms. The maximum atomic E-state index is 12.2. The van der Waals surface area contributed by atoms with Gasteiger partial charge in [0.15, 0.2) is 0 Å². The van der Waals surface area contributed by atoms with Crippen molar-refractivity contribution >= 4 is 28.8 Å². The van der Waals surface area contributed by atoms with Crippen LogP contribution in [0.4, 0.5) is 5.69 Å². The van der Waals surface area contributed by atoms with Crippen LogP contribution in [-0.2, 0) is 0 Å². The highest BCUT2D eigenvalue weighted by atomic mass is 32.1. The monoisotopic (exact) mass is 285 g/mol. The number of benzene rings is 1.